The molecule has 166 valence electrons. The first-order chi connectivity index (χ1) is 15.3. The van der Waals surface area contributed by atoms with Crippen molar-refractivity contribution in [3.05, 3.63) is 58.9 Å². The maximum atomic E-state index is 13.7. The van der Waals surface area contributed by atoms with Crippen LogP contribution >= 0.6 is 11.8 Å². The molecular weight excluding hydrogens is 424 g/mol. The summed E-state index contributed by atoms with van der Waals surface area (Å²) in [6.07, 6.45) is 0.766. The number of nitrogens with one attached hydrogen (secondary N) is 1. The summed E-state index contributed by atoms with van der Waals surface area (Å²) in [7, 11) is 0. The van der Waals surface area contributed by atoms with E-state index in [0.29, 0.717) is 34.0 Å². The summed E-state index contributed by atoms with van der Waals surface area (Å²) in [4.78, 5) is 45.7. The predicted octanol–water partition coefficient (Wildman–Crippen LogP) is 4.05. The van der Waals surface area contributed by atoms with Crippen LogP contribution in [0.5, 0.6) is 0 Å². The summed E-state index contributed by atoms with van der Waals surface area (Å²) < 4.78 is 1.64. The lowest BCUT2D eigenvalue weighted by atomic mass is 9.96. The molecule has 0 saturated carbocycles. The van der Waals surface area contributed by atoms with Crippen LogP contribution in [-0.2, 0) is 16.1 Å². The number of hydrogen-bond donors (Lipinski definition) is 1. The van der Waals surface area contributed by atoms with Gasteiger partial charge in [0, 0.05) is 6.54 Å². The number of carbonyl (C=O) groups is 2. The number of anilines is 2. The molecule has 0 radical (unpaired) electrons. The summed E-state index contributed by atoms with van der Waals surface area (Å²) in [5, 5.41) is 3.38. The molecule has 1 atom stereocenters. The molecule has 1 aromatic heterocycles. The van der Waals surface area contributed by atoms with Gasteiger partial charge in [-0.3, -0.25) is 23.9 Å². The summed E-state index contributed by atoms with van der Waals surface area (Å²) in [6, 6.07) is 14.5. The second-order valence-electron chi connectivity index (χ2n) is 8.33. The highest BCUT2D eigenvalue weighted by Crippen LogP contribution is 2.38. The molecule has 0 spiro atoms. The first-order valence-corrected chi connectivity index (χ1v) is 11.5. The van der Waals surface area contributed by atoms with Gasteiger partial charge in [0.2, 0.25) is 11.8 Å². The zero-order valence-electron chi connectivity index (χ0n) is 18.6. The molecule has 0 saturated heterocycles. The molecule has 4 rings (SSSR count). The Morgan fingerprint density at radius 2 is 1.81 bits per heavy atom. The van der Waals surface area contributed by atoms with E-state index < -0.39 is 10.8 Å². The lowest BCUT2D eigenvalue weighted by Crippen LogP contribution is -2.60. The number of carbonyl (C=O) groups excluding carboxylic acids is 2. The average molecular weight is 451 g/mol. The van der Waals surface area contributed by atoms with Crippen molar-refractivity contribution in [1.29, 1.82) is 0 Å². The lowest BCUT2D eigenvalue weighted by Gasteiger charge is -2.43. The van der Waals surface area contributed by atoms with E-state index in [1.165, 1.54) is 11.8 Å². The molecule has 7 nitrogen and oxygen atoms in total. The van der Waals surface area contributed by atoms with Crippen molar-refractivity contribution in [1.82, 2.24) is 9.55 Å². The van der Waals surface area contributed by atoms with E-state index in [1.807, 2.05) is 37.3 Å². The fraction of sp³-hybridized carbons (Fsp3) is 0.333. The van der Waals surface area contributed by atoms with E-state index in [2.05, 4.69) is 5.32 Å². The number of rotatable bonds is 5. The highest BCUT2D eigenvalue weighted by atomic mass is 32.2. The highest BCUT2D eigenvalue weighted by Gasteiger charge is 2.44. The van der Waals surface area contributed by atoms with Crippen molar-refractivity contribution in [2.75, 3.05) is 10.2 Å². The highest BCUT2D eigenvalue weighted by molar-refractivity contribution is 8.00. The Kier molecular flexibility index (Phi) is 5.81. The number of fused-ring (bicyclic) bond motifs is 2. The van der Waals surface area contributed by atoms with Crippen molar-refractivity contribution < 1.29 is 9.59 Å². The van der Waals surface area contributed by atoms with Crippen LogP contribution in [0, 0.1) is 0 Å². The Hall–Kier alpha value is -3.13. The van der Waals surface area contributed by atoms with Crippen molar-refractivity contribution in [2.24, 2.45) is 0 Å². The number of amides is 2. The van der Waals surface area contributed by atoms with E-state index in [1.54, 1.807) is 48.4 Å². The molecule has 1 aliphatic heterocycles. The van der Waals surface area contributed by atoms with E-state index in [0.717, 1.165) is 6.42 Å². The zero-order valence-corrected chi connectivity index (χ0v) is 19.4. The molecule has 0 bridgehead atoms. The Morgan fingerprint density at radius 3 is 2.56 bits per heavy atom. The van der Waals surface area contributed by atoms with Crippen molar-refractivity contribution in [3.63, 3.8) is 0 Å². The summed E-state index contributed by atoms with van der Waals surface area (Å²) >= 11 is 1.25. The Morgan fingerprint density at radius 1 is 1.12 bits per heavy atom. The molecule has 1 N–H and O–H groups in total. The molecule has 2 amide bonds. The SMILES string of the molecule is CCCn1c(SC(C)C(=O)N2c3ccccc3NC(=O)C2(C)C)nc2ccccc2c1=O. The topological polar surface area (TPSA) is 84.3 Å². The zero-order chi connectivity index (χ0) is 23.0. The molecule has 2 aromatic carbocycles. The minimum atomic E-state index is -1.06. The van der Waals surface area contributed by atoms with Crippen LogP contribution in [0.2, 0.25) is 0 Å². The molecule has 32 heavy (non-hydrogen) atoms. The first kappa shape index (κ1) is 22.1. The number of benzene rings is 2. The van der Waals surface area contributed by atoms with Crippen molar-refractivity contribution >= 4 is 45.9 Å². The van der Waals surface area contributed by atoms with Gasteiger partial charge in [-0.25, -0.2) is 4.98 Å². The van der Waals surface area contributed by atoms with Crippen LogP contribution in [0.3, 0.4) is 0 Å². The third-order valence-electron chi connectivity index (χ3n) is 5.63. The van der Waals surface area contributed by atoms with Gasteiger partial charge in [0.05, 0.1) is 27.5 Å². The number of hydrogen-bond acceptors (Lipinski definition) is 5. The minimum Gasteiger partial charge on any atom is -0.322 e. The Balaban J connectivity index is 1.73. The predicted molar refractivity (Wildman–Crippen MR) is 128 cm³/mol. The van der Waals surface area contributed by atoms with Gasteiger partial charge in [0.25, 0.3) is 5.56 Å². The molecular formula is C24H26N4O3S. The third kappa shape index (κ3) is 3.68. The van der Waals surface area contributed by atoms with Crippen LogP contribution < -0.4 is 15.8 Å². The van der Waals surface area contributed by atoms with Gasteiger partial charge in [0.1, 0.15) is 5.54 Å². The normalized spacial score (nSPS) is 15.9. The largest absolute Gasteiger partial charge is 0.322 e. The fourth-order valence-electron chi connectivity index (χ4n) is 3.90. The molecule has 2 heterocycles. The van der Waals surface area contributed by atoms with E-state index in [4.69, 9.17) is 4.98 Å². The van der Waals surface area contributed by atoms with Crippen LogP contribution in [0.4, 0.5) is 11.4 Å². The summed E-state index contributed by atoms with van der Waals surface area (Å²) in [5.74, 6) is -0.457. The maximum absolute atomic E-state index is 13.7. The maximum Gasteiger partial charge on any atom is 0.262 e. The van der Waals surface area contributed by atoms with Gasteiger partial charge in [0.15, 0.2) is 5.16 Å². The molecule has 8 heteroatoms. The third-order valence-corrected chi connectivity index (χ3v) is 6.71. The van der Waals surface area contributed by atoms with Crippen LogP contribution in [0.1, 0.15) is 34.1 Å². The number of nitrogens with zero attached hydrogens (tertiary/aromatic N) is 3. The number of thioether (sulfide) groups is 1. The second kappa shape index (κ2) is 8.43. The molecule has 0 fully saturated rings. The monoisotopic (exact) mass is 450 g/mol. The average Bonchev–Trinajstić information content (AvgIpc) is 2.77. The smallest absolute Gasteiger partial charge is 0.262 e. The summed E-state index contributed by atoms with van der Waals surface area (Å²) in [6.45, 7) is 7.76. The van der Waals surface area contributed by atoms with Gasteiger partial charge in [-0.05, 0) is 51.5 Å². The molecule has 3 aromatic rings. The van der Waals surface area contributed by atoms with E-state index in [9.17, 15) is 14.4 Å². The van der Waals surface area contributed by atoms with Crippen LogP contribution in [0.25, 0.3) is 10.9 Å². The van der Waals surface area contributed by atoms with Gasteiger partial charge >= 0.3 is 0 Å². The van der Waals surface area contributed by atoms with Crippen LogP contribution in [0.15, 0.2) is 58.5 Å². The van der Waals surface area contributed by atoms with E-state index in [-0.39, 0.29) is 17.4 Å². The Labute approximate surface area is 190 Å². The standard InChI is InChI=1S/C24H26N4O3S/c1-5-14-27-21(30)16-10-6-7-11-17(16)26-23(27)32-15(2)20(29)28-19-13-9-8-12-18(19)25-22(31)24(28,3)4/h6-13,15H,5,14H2,1-4H3,(H,25,31). The van der Waals surface area contributed by atoms with Gasteiger partial charge < -0.3 is 5.32 Å². The van der Waals surface area contributed by atoms with E-state index >= 15 is 0 Å². The lowest BCUT2D eigenvalue weighted by molar-refractivity contribution is -0.126. The molecule has 0 aliphatic carbocycles. The molecule has 1 aliphatic rings. The second-order valence-corrected chi connectivity index (χ2v) is 9.64. The van der Waals surface area contributed by atoms with Crippen molar-refractivity contribution in [2.45, 2.75) is 56.6 Å². The molecule has 1 unspecified atom stereocenters. The van der Waals surface area contributed by atoms with Crippen molar-refractivity contribution in [3.8, 4) is 0 Å². The van der Waals surface area contributed by atoms with Gasteiger partial charge in [-0.1, -0.05) is 43.0 Å². The fourth-order valence-corrected chi connectivity index (χ4v) is 4.87. The number of para-hydroxylation sites is 3. The summed E-state index contributed by atoms with van der Waals surface area (Å²) in [5.41, 5.74) is 0.707. The van der Waals surface area contributed by atoms with Crippen LogP contribution in [-0.4, -0.2) is 32.2 Å². The van der Waals surface area contributed by atoms with Gasteiger partial charge in [-0.15, -0.1) is 0 Å². The first-order valence-electron chi connectivity index (χ1n) is 10.7. The minimum absolute atomic E-state index is 0.109. The Bertz CT molecular complexity index is 1270. The quantitative estimate of drug-likeness (QED) is 0.468. The van der Waals surface area contributed by atoms with Gasteiger partial charge in [-0.2, -0.15) is 0 Å². The number of aromatic nitrogens is 2.